The van der Waals surface area contributed by atoms with Crippen molar-refractivity contribution in [3.05, 3.63) is 45.6 Å². The number of nitrogens with zero attached hydrogens (tertiary/aromatic N) is 2. The number of nitrogens with one attached hydrogen (secondary N) is 1. The van der Waals surface area contributed by atoms with E-state index >= 15 is 0 Å². The van der Waals surface area contributed by atoms with E-state index in [1.807, 2.05) is 24.3 Å². The summed E-state index contributed by atoms with van der Waals surface area (Å²) in [6.45, 7) is 1.44. The number of amides is 2. The van der Waals surface area contributed by atoms with Crippen molar-refractivity contribution in [2.24, 2.45) is 0 Å². The molecule has 3 rings (SSSR count). The van der Waals surface area contributed by atoms with Gasteiger partial charge < -0.3 is 24.4 Å². The number of ether oxygens (including phenoxy) is 1. The molecule has 7 nitrogen and oxygen atoms in total. The quantitative estimate of drug-likeness (QED) is 0.574. The van der Waals surface area contributed by atoms with Gasteiger partial charge in [0, 0.05) is 24.5 Å². The zero-order valence-electron chi connectivity index (χ0n) is 14.9. The minimum absolute atomic E-state index is 0.0695. The second-order valence-electron chi connectivity index (χ2n) is 6.16. The highest BCUT2D eigenvalue weighted by Crippen LogP contribution is 2.23. The molecule has 1 fully saturated rings. The largest absolute Gasteiger partial charge is 0.389 e. The van der Waals surface area contributed by atoms with Crippen molar-refractivity contribution in [2.45, 2.75) is 6.10 Å². The maximum absolute atomic E-state index is 12.0. The number of aliphatic hydroxyl groups excluding tert-OH is 1. The minimum Gasteiger partial charge on any atom is -0.389 e. The van der Waals surface area contributed by atoms with Crippen LogP contribution in [-0.4, -0.2) is 55.9 Å². The molecule has 2 N–H and O–H groups in total. The number of thiophene rings is 1. The normalized spacial score (nSPS) is 15.4. The van der Waals surface area contributed by atoms with Crippen molar-refractivity contribution in [1.82, 2.24) is 5.32 Å². The summed E-state index contributed by atoms with van der Waals surface area (Å²) >= 11 is 11.4. The molecule has 28 heavy (non-hydrogen) atoms. The summed E-state index contributed by atoms with van der Waals surface area (Å²) in [7, 11) is 0. The number of hydrogen-bond donors (Lipinski definition) is 3. The molecule has 0 radical (unpaired) electrons. The van der Waals surface area contributed by atoms with E-state index in [4.69, 9.17) is 16.3 Å². The van der Waals surface area contributed by atoms with Crippen molar-refractivity contribution < 1.29 is 19.4 Å². The van der Waals surface area contributed by atoms with Gasteiger partial charge in [-0.05, 0) is 36.4 Å². The molecule has 1 aliphatic heterocycles. The van der Waals surface area contributed by atoms with E-state index in [1.54, 1.807) is 21.3 Å². The zero-order chi connectivity index (χ0) is 20.1. The Balaban J connectivity index is 1.50. The number of anilines is 2. The van der Waals surface area contributed by atoms with Crippen LogP contribution in [0.25, 0.3) is 0 Å². The lowest BCUT2D eigenvalue weighted by molar-refractivity contribution is -0.125. The molecule has 0 aliphatic carbocycles. The van der Waals surface area contributed by atoms with Crippen LogP contribution in [0.3, 0.4) is 0 Å². The maximum atomic E-state index is 12.0. The highest BCUT2D eigenvalue weighted by atomic mass is 35.5. The number of aliphatic hydroxyl groups is 1. The molecule has 0 spiro atoms. The molecule has 2 amide bonds. The Morgan fingerprint density at radius 3 is 2.75 bits per heavy atom. The highest BCUT2D eigenvalue weighted by Gasteiger charge is 2.20. The molecule has 2 aromatic rings. The number of hydrogen-bond acceptors (Lipinski definition) is 7. The second kappa shape index (κ2) is 9.62. The highest BCUT2D eigenvalue weighted by molar-refractivity contribution is 7.81. The Labute approximate surface area is 177 Å². The number of rotatable bonds is 7. The van der Waals surface area contributed by atoms with Gasteiger partial charge in [-0.2, -0.15) is 0 Å². The molecule has 150 valence electrons. The average Bonchev–Trinajstić information content (AvgIpc) is 3.13. The number of morpholine rings is 1. The summed E-state index contributed by atoms with van der Waals surface area (Å²) in [5, 5.41) is 12.9. The smallest absolute Gasteiger partial charge is 0.261 e. The average molecular weight is 442 g/mol. The summed E-state index contributed by atoms with van der Waals surface area (Å²) in [6, 6.07) is 10.6. The molecule has 1 atom stereocenters. The number of halogens is 1. The summed E-state index contributed by atoms with van der Waals surface area (Å²) in [6.07, 6.45) is -0.808. The van der Waals surface area contributed by atoms with Gasteiger partial charge in [-0.15, -0.1) is 11.3 Å². The van der Waals surface area contributed by atoms with Crippen LogP contribution in [0.2, 0.25) is 4.34 Å². The van der Waals surface area contributed by atoms with E-state index in [2.05, 4.69) is 18.1 Å². The standard InChI is InChI=1S/C18H20ClN3O4S2/c19-16-6-5-15(28-16)18(25)20-9-14(23)10-22(27)13-3-1-12(2-4-13)21-7-8-26-11-17(21)24/h1-6,14,23,27H,7-11H2,(H,20,25). The summed E-state index contributed by atoms with van der Waals surface area (Å²) in [5.74, 6) is -0.346. The van der Waals surface area contributed by atoms with Crippen LogP contribution in [-0.2, 0) is 9.53 Å². The van der Waals surface area contributed by atoms with Gasteiger partial charge in [-0.1, -0.05) is 24.4 Å². The van der Waals surface area contributed by atoms with E-state index < -0.39 is 6.10 Å². The van der Waals surface area contributed by atoms with E-state index in [0.29, 0.717) is 22.4 Å². The van der Waals surface area contributed by atoms with E-state index in [1.165, 1.54) is 11.3 Å². The predicted octanol–water partition coefficient (Wildman–Crippen LogP) is 2.21. The van der Waals surface area contributed by atoms with Crippen molar-refractivity contribution in [2.75, 3.05) is 42.1 Å². The molecule has 1 aromatic carbocycles. The van der Waals surface area contributed by atoms with Gasteiger partial charge >= 0.3 is 0 Å². The van der Waals surface area contributed by atoms with Crippen molar-refractivity contribution in [3.63, 3.8) is 0 Å². The molecule has 1 unspecified atom stereocenters. The number of carbonyl (C=O) groups is 2. The van der Waals surface area contributed by atoms with Crippen LogP contribution in [0.1, 0.15) is 9.67 Å². The third-order valence-corrected chi connectivity index (χ3v) is 5.75. The topological polar surface area (TPSA) is 82.1 Å². The fraction of sp³-hybridized carbons (Fsp3) is 0.333. The Morgan fingerprint density at radius 2 is 2.11 bits per heavy atom. The van der Waals surface area contributed by atoms with Crippen LogP contribution in [0.5, 0.6) is 0 Å². The third kappa shape index (κ3) is 5.39. The lowest BCUT2D eigenvalue weighted by atomic mass is 10.2. The summed E-state index contributed by atoms with van der Waals surface area (Å²) < 4.78 is 7.26. The van der Waals surface area contributed by atoms with E-state index in [9.17, 15) is 14.7 Å². The molecule has 2 heterocycles. The predicted molar refractivity (Wildman–Crippen MR) is 114 cm³/mol. The number of benzene rings is 1. The molecule has 0 bridgehead atoms. The van der Waals surface area contributed by atoms with Crippen LogP contribution in [0.4, 0.5) is 11.4 Å². The first kappa shape index (κ1) is 20.9. The van der Waals surface area contributed by atoms with Crippen LogP contribution < -0.4 is 14.5 Å². The number of carbonyl (C=O) groups excluding carboxylic acids is 2. The first-order valence-corrected chi connectivity index (χ1v) is 10.2. The van der Waals surface area contributed by atoms with Crippen LogP contribution in [0.15, 0.2) is 36.4 Å². The minimum atomic E-state index is -0.808. The van der Waals surface area contributed by atoms with Gasteiger partial charge in [0.05, 0.1) is 28.5 Å². The SMILES string of the molecule is O=C(NCC(O)CN(S)c1ccc(N2CCOCC2=O)cc1)c1ccc(Cl)s1. The van der Waals surface area contributed by atoms with Gasteiger partial charge in [0.2, 0.25) is 0 Å². The van der Waals surface area contributed by atoms with E-state index in [-0.39, 0.29) is 31.5 Å². The molecule has 1 aromatic heterocycles. The first-order chi connectivity index (χ1) is 13.4. The van der Waals surface area contributed by atoms with Crippen molar-refractivity contribution >= 4 is 58.9 Å². The van der Waals surface area contributed by atoms with Gasteiger partial charge in [0.15, 0.2) is 0 Å². The van der Waals surface area contributed by atoms with E-state index in [0.717, 1.165) is 11.4 Å². The summed E-state index contributed by atoms with van der Waals surface area (Å²) in [5.41, 5.74) is 1.56. The monoisotopic (exact) mass is 441 g/mol. The zero-order valence-corrected chi connectivity index (χ0v) is 17.3. The third-order valence-electron chi connectivity index (χ3n) is 4.12. The van der Waals surface area contributed by atoms with Crippen LogP contribution in [0, 0.1) is 0 Å². The van der Waals surface area contributed by atoms with Gasteiger partial charge in [0.1, 0.15) is 6.61 Å². The fourth-order valence-electron chi connectivity index (χ4n) is 2.70. The van der Waals surface area contributed by atoms with Gasteiger partial charge in [-0.25, -0.2) is 0 Å². The lowest BCUT2D eigenvalue weighted by Gasteiger charge is -2.27. The van der Waals surface area contributed by atoms with Crippen LogP contribution >= 0.6 is 35.8 Å². The Bertz CT molecular complexity index is 830. The van der Waals surface area contributed by atoms with Gasteiger partial charge in [0.25, 0.3) is 11.8 Å². The Hall–Kier alpha value is -1.78. The molecule has 1 aliphatic rings. The first-order valence-electron chi connectivity index (χ1n) is 8.60. The molecule has 10 heteroatoms. The molecule has 1 saturated heterocycles. The summed E-state index contributed by atoms with van der Waals surface area (Å²) in [4.78, 5) is 26.1. The second-order valence-corrected chi connectivity index (χ2v) is 8.36. The molecular formula is C18H20ClN3O4S2. The Kier molecular flexibility index (Phi) is 7.19. The maximum Gasteiger partial charge on any atom is 0.261 e. The Morgan fingerprint density at radius 1 is 1.36 bits per heavy atom. The van der Waals surface area contributed by atoms with Crippen molar-refractivity contribution in [3.8, 4) is 0 Å². The van der Waals surface area contributed by atoms with Crippen molar-refractivity contribution in [1.29, 1.82) is 0 Å². The molecular weight excluding hydrogens is 422 g/mol. The van der Waals surface area contributed by atoms with Gasteiger partial charge in [-0.3, -0.25) is 9.59 Å². The lowest BCUT2D eigenvalue weighted by Crippen LogP contribution is -2.41. The molecule has 0 saturated carbocycles. The fourth-order valence-corrected chi connectivity index (χ4v) is 3.98. The number of thiol groups is 1.